The molecule has 3 heterocycles. The van der Waals surface area contributed by atoms with Gasteiger partial charge in [0.15, 0.2) is 17.3 Å². The molecule has 3 aromatic rings. The fourth-order valence-corrected chi connectivity index (χ4v) is 5.88. The predicted molar refractivity (Wildman–Crippen MR) is 128 cm³/mol. The number of hydrogen-bond acceptors (Lipinski definition) is 7. The van der Waals surface area contributed by atoms with E-state index in [4.69, 9.17) is 9.15 Å². The fourth-order valence-electron chi connectivity index (χ4n) is 5.05. The van der Waals surface area contributed by atoms with E-state index in [1.807, 2.05) is 18.5 Å². The van der Waals surface area contributed by atoms with E-state index < -0.39 is 11.7 Å². The Morgan fingerprint density at radius 2 is 2.09 bits per heavy atom. The van der Waals surface area contributed by atoms with Gasteiger partial charge in [-0.3, -0.25) is 0 Å². The molecule has 1 aromatic carbocycles. The molecule has 2 fully saturated rings. The lowest BCUT2D eigenvalue weighted by atomic mass is 9.93. The number of alkyl halides is 3. The molecule has 2 atom stereocenters. The van der Waals surface area contributed by atoms with Crippen LogP contribution in [0.3, 0.4) is 0 Å². The molecule has 12 heteroatoms. The van der Waals surface area contributed by atoms with Crippen LogP contribution in [0.1, 0.15) is 29.7 Å². The van der Waals surface area contributed by atoms with Crippen LogP contribution in [-0.4, -0.2) is 57.1 Å². The summed E-state index contributed by atoms with van der Waals surface area (Å²) in [7, 11) is 3.18. The number of thioether (sulfide) groups is 1. The molecule has 5 rings (SSSR count). The molecule has 2 aromatic heterocycles. The molecule has 35 heavy (non-hydrogen) atoms. The lowest BCUT2D eigenvalue weighted by Crippen LogP contribution is -2.28. The number of piperidine rings is 1. The first-order chi connectivity index (χ1) is 16.2. The molecular formula is C23H27ClF3N5O2S. The summed E-state index contributed by atoms with van der Waals surface area (Å²) in [6.45, 7) is 4.49. The first kappa shape index (κ1) is 25.8. The summed E-state index contributed by atoms with van der Waals surface area (Å²) in [4.78, 5) is 6.47. The number of methoxy groups -OCH3 is 1. The molecule has 190 valence electrons. The van der Waals surface area contributed by atoms with Crippen LogP contribution in [0.15, 0.2) is 34.2 Å². The minimum Gasteiger partial charge on any atom is -0.496 e. The highest BCUT2D eigenvalue weighted by molar-refractivity contribution is 7.99. The molecule has 0 amide bonds. The van der Waals surface area contributed by atoms with E-state index in [9.17, 15) is 13.2 Å². The summed E-state index contributed by atoms with van der Waals surface area (Å²) in [5, 5.41) is 9.31. The lowest BCUT2D eigenvalue weighted by molar-refractivity contribution is -0.138. The van der Waals surface area contributed by atoms with Crippen molar-refractivity contribution in [2.75, 3.05) is 32.5 Å². The van der Waals surface area contributed by atoms with E-state index in [1.165, 1.54) is 25.6 Å². The number of aryl methyl sites for hydroxylation is 1. The molecule has 0 spiro atoms. The number of fused-ring (bicyclic) bond motifs is 1. The molecule has 7 nitrogen and oxygen atoms in total. The Labute approximate surface area is 211 Å². The van der Waals surface area contributed by atoms with Gasteiger partial charge in [0.25, 0.3) is 0 Å². The monoisotopic (exact) mass is 529 g/mol. The highest BCUT2D eigenvalue weighted by Crippen LogP contribution is 2.59. The zero-order chi connectivity index (χ0) is 24.1. The average Bonchev–Trinajstić information content (AvgIpc) is 3.09. The van der Waals surface area contributed by atoms with Gasteiger partial charge >= 0.3 is 6.18 Å². The summed E-state index contributed by atoms with van der Waals surface area (Å²) < 4.78 is 52.7. The topological polar surface area (TPSA) is 69.2 Å². The van der Waals surface area contributed by atoms with Crippen LogP contribution in [0.2, 0.25) is 0 Å². The number of benzene rings is 1. The normalized spacial score (nSPS) is 21.6. The minimum atomic E-state index is -4.43. The van der Waals surface area contributed by atoms with Crippen LogP contribution in [-0.2, 0) is 18.6 Å². The maximum Gasteiger partial charge on any atom is 0.419 e. The van der Waals surface area contributed by atoms with Gasteiger partial charge < -0.3 is 18.6 Å². The number of ether oxygens (including phenoxy) is 1. The molecule has 0 bridgehead atoms. The maximum atomic E-state index is 13.5. The molecule has 0 N–H and O–H groups in total. The standard InChI is InChI=1S/C23H26F3N5O2S.ClH/c1-14-19(33-13-27-14)20-28-29-21(30(20)2)34-8-4-7-31-11-16-10-22(16,12-31)15-5-6-18(32-3)17(9-15)23(24,25)26;/h5-6,9,13,16H,4,7-8,10-12H2,1-3H3;1H. The second-order valence-corrected chi connectivity index (χ2v) is 10.1. The van der Waals surface area contributed by atoms with Crippen molar-refractivity contribution in [1.82, 2.24) is 24.6 Å². The van der Waals surface area contributed by atoms with Crippen molar-refractivity contribution in [1.29, 1.82) is 0 Å². The van der Waals surface area contributed by atoms with Crippen molar-refractivity contribution in [3.8, 4) is 17.3 Å². The van der Waals surface area contributed by atoms with Gasteiger partial charge in [-0.25, -0.2) is 4.98 Å². The van der Waals surface area contributed by atoms with Crippen LogP contribution in [0.4, 0.5) is 13.2 Å². The quantitative estimate of drug-likeness (QED) is 0.301. The molecule has 2 aliphatic rings. The highest BCUT2D eigenvalue weighted by Gasteiger charge is 2.60. The number of likely N-dealkylation sites (tertiary alicyclic amines) is 1. The van der Waals surface area contributed by atoms with Gasteiger partial charge in [-0.2, -0.15) is 13.2 Å². The number of rotatable bonds is 8. The van der Waals surface area contributed by atoms with E-state index in [1.54, 1.807) is 17.8 Å². The van der Waals surface area contributed by atoms with Crippen LogP contribution >= 0.6 is 24.2 Å². The number of halogens is 4. The van der Waals surface area contributed by atoms with Gasteiger partial charge in [-0.05, 0) is 49.9 Å². The van der Waals surface area contributed by atoms with E-state index in [2.05, 4.69) is 20.1 Å². The summed E-state index contributed by atoms with van der Waals surface area (Å²) in [5.41, 5.74) is 0.697. The van der Waals surface area contributed by atoms with Crippen molar-refractivity contribution < 1.29 is 22.3 Å². The molecule has 2 unspecified atom stereocenters. The zero-order valence-corrected chi connectivity index (χ0v) is 21.3. The van der Waals surface area contributed by atoms with Gasteiger partial charge in [0.05, 0.1) is 18.4 Å². The first-order valence-corrected chi connectivity index (χ1v) is 12.1. The molecule has 1 aliphatic carbocycles. The maximum absolute atomic E-state index is 13.5. The Bertz CT molecular complexity index is 1200. The number of oxazole rings is 1. The lowest BCUT2D eigenvalue weighted by Gasteiger charge is -2.22. The van der Waals surface area contributed by atoms with Crippen molar-refractivity contribution in [3.05, 3.63) is 41.4 Å². The Morgan fingerprint density at radius 3 is 2.77 bits per heavy atom. The van der Waals surface area contributed by atoms with Gasteiger partial charge in [-0.15, -0.1) is 22.6 Å². The predicted octanol–water partition coefficient (Wildman–Crippen LogP) is 4.98. The second-order valence-electron chi connectivity index (χ2n) is 9.04. The van der Waals surface area contributed by atoms with Gasteiger partial charge in [0.2, 0.25) is 5.82 Å². The van der Waals surface area contributed by atoms with E-state index in [-0.39, 0.29) is 23.6 Å². The summed E-state index contributed by atoms with van der Waals surface area (Å²) in [5.74, 6) is 2.44. The first-order valence-electron chi connectivity index (χ1n) is 11.1. The summed E-state index contributed by atoms with van der Waals surface area (Å²) in [6, 6.07) is 4.55. The Morgan fingerprint density at radius 1 is 1.29 bits per heavy atom. The van der Waals surface area contributed by atoms with Crippen molar-refractivity contribution >= 4 is 24.2 Å². The van der Waals surface area contributed by atoms with Gasteiger partial charge in [0, 0.05) is 31.3 Å². The summed E-state index contributed by atoms with van der Waals surface area (Å²) >= 11 is 1.63. The second kappa shape index (κ2) is 9.67. The summed E-state index contributed by atoms with van der Waals surface area (Å²) in [6.07, 6.45) is -1.13. The van der Waals surface area contributed by atoms with Gasteiger partial charge in [0.1, 0.15) is 5.75 Å². The van der Waals surface area contributed by atoms with Crippen molar-refractivity contribution in [3.63, 3.8) is 0 Å². The SMILES string of the molecule is COc1ccc(C23CC2CN(CCCSc2nnc(-c4ocnc4C)n2C)C3)cc1C(F)(F)F.Cl. The van der Waals surface area contributed by atoms with E-state index in [0.29, 0.717) is 17.5 Å². The largest absolute Gasteiger partial charge is 0.496 e. The Kier molecular flexibility index (Phi) is 7.14. The van der Waals surface area contributed by atoms with Crippen molar-refractivity contribution in [2.45, 2.75) is 36.5 Å². The highest BCUT2D eigenvalue weighted by atomic mass is 35.5. The Hall–Kier alpha value is -2.24. The molecule has 1 saturated carbocycles. The number of hydrogen-bond donors (Lipinski definition) is 0. The average molecular weight is 530 g/mol. The molecule has 0 radical (unpaired) electrons. The smallest absolute Gasteiger partial charge is 0.419 e. The van der Waals surface area contributed by atoms with E-state index >= 15 is 0 Å². The third kappa shape index (κ3) is 4.77. The van der Waals surface area contributed by atoms with E-state index in [0.717, 1.165) is 54.6 Å². The van der Waals surface area contributed by atoms with Crippen molar-refractivity contribution in [2.24, 2.45) is 13.0 Å². The molecule has 1 saturated heterocycles. The van der Waals surface area contributed by atoms with Gasteiger partial charge in [-0.1, -0.05) is 17.8 Å². The molecular weight excluding hydrogens is 503 g/mol. The van der Waals surface area contributed by atoms with Crippen LogP contribution in [0.25, 0.3) is 11.6 Å². The van der Waals surface area contributed by atoms with Crippen LogP contribution in [0, 0.1) is 12.8 Å². The molecule has 1 aliphatic heterocycles. The minimum absolute atomic E-state index is 0. The van der Waals surface area contributed by atoms with Crippen LogP contribution < -0.4 is 4.74 Å². The fraction of sp³-hybridized carbons (Fsp3) is 0.522. The third-order valence-electron chi connectivity index (χ3n) is 6.93. The van der Waals surface area contributed by atoms with Crippen LogP contribution in [0.5, 0.6) is 5.75 Å². The zero-order valence-electron chi connectivity index (χ0n) is 19.6. The Balaban J connectivity index is 0.00000289. The third-order valence-corrected chi connectivity index (χ3v) is 8.04. The number of nitrogens with zero attached hydrogens (tertiary/aromatic N) is 5. The number of aromatic nitrogens is 4.